The minimum atomic E-state index is -4.46. The molecule has 0 fully saturated rings. The van der Waals surface area contributed by atoms with Crippen molar-refractivity contribution in [2.24, 2.45) is 5.10 Å². The third kappa shape index (κ3) is 8.42. The molecule has 4 rings (SSSR count). The van der Waals surface area contributed by atoms with E-state index in [4.69, 9.17) is 14.6 Å². The van der Waals surface area contributed by atoms with Crippen LogP contribution in [0, 0.1) is 3.57 Å². The molecule has 3 N–H and O–H groups in total. The average molecular weight is 710 g/mol. The average Bonchev–Trinajstić information content (AvgIpc) is 3.38. The molecule has 0 aliphatic heterocycles. The van der Waals surface area contributed by atoms with Gasteiger partial charge in [0.25, 0.3) is 0 Å². The lowest BCUT2D eigenvalue weighted by Gasteiger charge is -2.13. The van der Waals surface area contributed by atoms with Crippen molar-refractivity contribution in [3.05, 3.63) is 97.6 Å². The smallest absolute Gasteiger partial charge is 0.416 e. The van der Waals surface area contributed by atoms with Crippen LogP contribution < -0.4 is 20.2 Å². The number of thiazole rings is 1. The number of methoxy groups -OCH3 is 1. The zero-order valence-corrected chi connectivity index (χ0v) is 24.7. The maximum Gasteiger partial charge on any atom is 0.416 e. The molecule has 1 heterocycles. The van der Waals surface area contributed by atoms with Gasteiger partial charge in [0.15, 0.2) is 16.6 Å². The van der Waals surface area contributed by atoms with E-state index in [1.807, 2.05) is 0 Å². The first-order valence-electron chi connectivity index (χ1n) is 12.0. The largest absolute Gasteiger partial charge is 0.493 e. The maximum absolute atomic E-state index is 12.9. The molecular formula is C28H22F3IN4O5S. The Bertz CT molecular complexity index is 1610. The number of hydrogen-bond donors (Lipinski definition) is 3. The van der Waals surface area contributed by atoms with Crippen LogP contribution in [0.5, 0.6) is 11.5 Å². The Morgan fingerprint density at radius 2 is 1.90 bits per heavy atom. The van der Waals surface area contributed by atoms with Gasteiger partial charge in [-0.3, -0.25) is 4.79 Å². The Hall–Kier alpha value is -4.18. The van der Waals surface area contributed by atoms with Crippen LogP contribution in [0.1, 0.15) is 32.7 Å². The second-order valence-corrected chi connectivity index (χ2v) is 10.7. The molecule has 1 aromatic heterocycles. The summed E-state index contributed by atoms with van der Waals surface area (Å²) in [7, 11) is 1.49. The van der Waals surface area contributed by atoms with E-state index in [-0.39, 0.29) is 24.3 Å². The van der Waals surface area contributed by atoms with Gasteiger partial charge in [0.1, 0.15) is 6.61 Å². The summed E-state index contributed by atoms with van der Waals surface area (Å²) in [5.41, 5.74) is 3.91. The lowest BCUT2D eigenvalue weighted by molar-refractivity contribution is -0.137. The van der Waals surface area contributed by atoms with Crippen LogP contribution in [0.25, 0.3) is 0 Å². The number of anilines is 2. The van der Waals surface area contributed by atoms with Crippen molar-refractivity contribution >= 4 is 62.8 Å². The van der Waals surface area contributed by atoms with Gasteiger partial charge in [0.05, 0.1) is 40.1 Å². The van der Waals surface area contributed by atoms with E-state index in [0.29, 0.717) is 27.9 Å². The number of amides is 1. The number of halogens is 4. The minimum Gasteiger partial charge on any atom is -0.493 e. The number of carbonyl (C=O) groups is 2. The number of rotatable bonds is 11. The normalized spacial score (nSPS) is 11.4. The van der Waals surface area contributed by atoms with Crippen molar-refractivity contribution in [3.63, 3.8) is 0 Å². The molecule has 0 aliphatic rings. The van der Waals surface area contributed by atoms with Crippen LogP contribution in [-0.2, 0) is 24.0 Å². The monoisotopic (exact) mass is 710 g/mol. The number of hydrazone groups is 1. The Labute approximate surface area is 255 Å². The van der Waals surface area contributed by atoms with Gasteiger partial charge < -0.3 is 19.9 Å². The van der Waals surface area contributed by atoms with Gasteiger partial charge in [-0.05, 0) is 76.2 Å². The van der Waals surface area contributed by atoms with Crippen LogP contribution in [0.3, 0.4) is 0 Å². The van der Waals surface area contributed by atoms with Crippen molar-refractivity contribution in [3.8, 4) is 11.5 Å². The van der Waals surface area contributed by atoms with Crippen molar-refractivity contribution in [1.29, 1.82) is 0 Å². The standard InChI is InChI=1S/C28H22F3IN4O5S/c1-40-23-10-17(9-22(32)25(23)41-14-16-5-7-18(8-6-16)26(38)39)13-33-36-24(37)12-21-15-42-27(35-21)34-20-4-2-3-19(11-20)28(29,30)31/h2-11,13,15H,12,14H2,1H3,(H,34,35)(H,36,37)(H,38,39)/b33-13-. The molecular weight excluding hydrogens is 688 g/mol. The summed E-state index contributed by atoms with van der Waals surface area (Å²) in [5.74, 6) is -0.494. The molecule has 4 aromatic rings. The summed E-state index contributed by atoms with van der Waals surface area (Å²) >= 11 is 3.25. The molecule has 42 heavy (non-hydrogen) atoms. The molecule has 0 radical (unpaired) electrons. The van der Waals surface area contributed by atoms with E-state index in [2.05, 4.69) is 43.4 Å². The van der Waals surface area contributed by atoms with Gasteiger partial charge in [0.2, 0.25) is 5.91 Å². The van der Waals surface area contributed by atoms with E-state index in [9.17, 15) is 22.8 Å². The quantitative estimate of drug-likeness (QED) is 0.0925. The SMILES string of the molecule is COc1cc(/C=N\NC(=O)Cc2csc(Nc3cccc(C(F)(F)F)c3)n2)cc(I)c1OCc1ccc(C(=O)O)cc1. The first-order chi connectivity index (χ1) is 20.0. The van der Waals surface area contributed by atoms with Gasteiger partial charge in [-0.15, -0.1) is 11.3 Å². The van der Waals surface area contributed by atoms with Crippen molar-refractivity contribution < 1.29 is 37.3 Å². The van der Waals surface area contributed by atoms with Gasteiger partial charge in [-0.1, -0.05) is 18.2 Å². The first-order valence-corrected chi connectivity index (χ1v) is 14.0. The molecule has 0 saturated carbocycles. The van der Waals surface area contributed by atoms with E-state index in [1.54, 1.807) is 29.6 Å². The number of ether oxygens (including phenoxy) is 2. The lowest BCUT2D eigenvalue weighted by Crippen LogP contribution is -2.20. The van der Waals surface area contributed by atoms with Gasteiger partial charge in [-0.25, -0.2) is 15.2 Å². The number of nitrogens with zero attached hydrogens (tertiary/aromatic N) is 2. The highest BCUT2D eigenvalue weighted by atomic mass is 127. The Kier molecular flexibility index (Phi) is 10.0. The van der Waals surface area contributed by atoms with Crippen LogP contribution in [0.4, 0.5) is 24.0 Å². The molecule has 218 valence electrons. The number of aromatic carboxylic acids is 1. The summed E-state index contributed by atoms with van der Waals surface area (Å²) in [6.45, 7) is 0.198. The Morgan fingerprint density at radius 1 is 1.14 bits per heavy atom. The predicted octanol–water partition coefficient (Wildman–Crippen LogP) is 6.49. The summed E-state index contributed by atoms with van der Waals surface area (Å²) in [6.07, 6.45) is -3.10. The summed E-state index contributed by atoms with van der Waals surface area (Å²) in [6, 6.07) is 14.6. The van der Waals surface area contributed by atoms with Gasteiger partial charge in [0, 0.05) is 11.1 Å². The number of carbonyl (C=O) groups excluding carboxylic acids is 1. The zero-order valence-electron chi connectivity index (χ0n) is 21.7. The first kappa shape index (κ1) is 30.8. The number of benzene rings is 3. The summed E-state index contributed by atoms with van der Waals surface area (Å²) in [5, 5.41) is 17.8. The summed E-state index contributed by atoms with van der Waals surface area (Å²) < 4.78 is 50.9. The Morgan fingerprint density at radius 3 is 2.60 bits per heavy atom. The van der Waals surface area contributed by atoms with Crippen molar-refractivity contribution in [2.45, 2.75) is 19.2 Å². The molecule has 0 unspecified atom stereocenters. The molecule has 0 spiro atoms. The molecule has 1 amide bonds. The lowest BCUT2D eigenvalue weighted by atomic mass is 10.1. The second-order valence-electron chi connectivity index (χ2n) is 8.64. The van der Waals surface area contributed by atoms with Crippen LogP contribution in [-0.4, -0.2) is 35.3 Å². The van der Waals surface area contributed by atoms with E-state index < -0.39 is 23.6 Å². The highest BCUT2D eigenvalue weighted by Gasteiger charge is 2.30. The number of aromatic nitrogens is 1. The predicted molar refractivity (Wildman–Crippen MR) is 160 cm³/mol. The number of alkyl halides is 3. The third-order valence-corrected chi connectivity index (χ3v) is 7.18. The highest BCUT2D eigenvalue weighted by molar-refractivity contribution is 14.1. The van der Waals surface area contributed by atoms with Crippen molar-refractivity contribution in [2.75, 3.05) is 12.4 Å². The van der Waals surface area contributed by atoms with E-state index in [1.165, 1.54) is 37.6 Å². The fourth-order valence-electron chi connectivity index (χ4n) is 3.58. The fraction of sp³-hybridized carbons (Fsp3) is 0.143. The van der Waals surface area contributed by atoms with Gasteiger partial charge in [-0.2, -0.15) is 18.3 Å². The highest BCUT2D eigenvalue weighted by Crippen LogP contribution is 2.34. The molecule has 0 aliphatic carbocycles. The molecule has 9 nitrogen and oxygen atoms in total. The fourth-order valence-corrected chi connectivity index (χ4v) is 5.09. The molecule has 0 saturated heterocycles. The summed E-state index contributed by atoms with van der Waals surface area (Å²) in [4.78, 5) is 27.6. The topological polar surface area (TPSA) is 122 Å². The second kappa shape index (κ2) is 13.7. The maximum atomic E-state index is 12.9. The van der Waals surface area contributed by atoms with E-state index >= 15 is 0 Å². The van der Waals surface area contributed by atoms with E-state index in [0.717, 1.165) is 32.6 Å². The number of hydrogen-bond acceptors (Lipinski definition) is 8. The van der Waals surface area contributed by atoms with Gasteiger partial charge >= 0.3 is 12.1 Å². The number of carboxylic acids is 1. The van der Waals surface area contributed by atoms with Crippen LogP contribution >= 0.6 is 33.9 Å². The molecule has 14 heteroatoms. The molecule has 3 aromatic carbocycles. The van der Waals surface area contributed by atoms with Crippen LogP contribution in [0.15, 0.2) is 71.1 Å². The zero-order chi connectivity index (χ0) is 30.3. The number of nitrogens with one attached hydrogen (secondary N) is 2. The molecule has 0 atom stereocenters. The third-order valence-electron chi connectivity index (χ3n) is 5.57. The Balaban J connectivity index is 1.32. The minimum absolute atomic E-state index is 0.0841. The molecule has 0 bridgehead atoms. The van der Waals surface area contributed by atoms with Crippen LogP contribution in [0.2, 0.25) is 0 Å². The van der Waals surface area contributed by atoms with Crippen molar-refractivity contribution in [1.82, 2.24) is 10.4 Å². The number of carboxylic acid groups (broad SMARTS) is 1.